The molecule has 28 heavy (non-hydrogen) atoms. The molecule has 1 fully saturated rings. The molecular weight excluding hydrogens is 352 g/mol. The fourth-order valence-corrected chi connectivity index (χ4v) is 3.96. The van der Waals surface area contributed by atoms with E-state index in [0.29, 0.717) is 18.7 Å². The minimum Gasteiger partial charge on any atom is -0.343 e. The van der Waals surface area contributed by atoms with Crippen LogP contribution in [-0.4, -0.2) is 66.0 Å². The van der Waals surface area contributed by atoms with Crippen LogP contribution < -0.4 is 5.32 Å². The van der Waals surface area contributed by atoms with Gasteiger partial charge in [0.25, 0.3) is 5.91 Å². The van der Waals surface area contributed by atoms with Crippen molar-refractivity contribution in [3.63, 3.8) is 0 Å². The van der Waals surface area contributed by atoms with Gasteiger partial charge in [-0.2, -0.15) is 0 Å². The first-order valence-corrected chi connectivity index (χ1v) is 9.84. The van der Waals surface area contributed by atoms with Crippen LogP contribution in [0.2, 0.25) is 0 Å². The maximum atomic E-state index is 12.6. The summed E-state index contributed by atoms with van der Waals surface area (Å²) in [5, 5.41) is 5.00. The van der Waals surface area contributed by atoms with E-state index in [-0.39, 0.29) is 18.4 Å². The van der Waals surface area contributed by atoms with E-state index < -0.39 is 0 Å². The molecule has 4 rings (SSSR count). The van der Waals surface area contributed by atoms with Gasteiger partial charge >= 0.3 is 0 Å². The van der Waals surface area contributed by atoms with Crippen LogP contribution in [0.3, 0.4) is 0 Å². The van der Waals surface area contributed by atoms with Gasteiger partial charge in [0.1, 0.15) is 0 Å². The molecule has 1 aromatic heterocycles. The van der Waals surface area contributed by atoms with Crippen LogP contribution in [0.5, 0.6) is 0 Å². The SMILES string of the molecule is CCn1c2ccccc2c2cc(C(=O)NCC(=O)N3CCN(C)CC3)ccc21. The minimum absolute atomic E-state index is 0.0230. The van der Waals surface area contributed by atoms with Gasteiger partial charge < -0.3 is 19.7 Å². The van der Waals surface area contributed by atoms with Crippen LogP contribution in [0.4, 0.5) is 0 Å². The average molecular weight is 378 g/mol. The molecule has 1 N–H and O–H groups in total. The molecule has 6 nitrogen and oxygen atoms in total. The third-order valence-electron chi connectivity index (χ3n) is 5.61. The number of nitrogens with zero attached hydrogens (tertiary/aromatic N) is 3. The molecule has 0 spiro atoms. The highest BCUT2D eigenvalue weighted by atomic mass is 16.2. The van der Waals surface area contributed by atoms with Gasteiger partial charge in [-0.3, -0.25) is 9.59 Å². The lowest BCUT2D eigenvalue weighted by molar-refractivity contribution is -0.131. The van der Waals surface area contributed by atoms with Crippen molar-refractivity contribution in [3.8, 4) is 0 Å². The average Bonchev–Trinajstić information content (AvgIpc) is 3.05. The number of piperazine rings is 1. The molecule has 2 aromatic carbocycles. The molecule has 0 bridgehead atoms. The number of amides is 2. The maximum absolute atomic E-state index is 12.6. The van der Waals surface area contributed by atoms with E-state index >= 15 is 0 Å². The summed E-state index contributed by atoms with van der Waals surface area (Å²) in [6, 6.07) is 14.0. The van der Waals surface area contributed by atoms with Gasteiger partial charge in [-0.25, -0.2) is 0 Å². The van der Waals surface area contributed by atoms with Gasteiger partial charge in [0.15, 0.2) is 0 Å². The van der Waals surface area contributed by atoms with Gasteiger partial charge in [0, 0.05) is 60.1 Å². The van der Waals surface area contributed by atoms with Gasteiger partial charge in [-0.15, -0.1) is 0 Å². The summed E-state index contributed by atoms with van der Waals surface area (Å²) in [4.78, 5) is 29.0. The zero-order valence-electron chi connectivity index (χ0n) is 16.4. The Kier molecular flexibility index (Phi) is 5.05. The van der Waals surface area contributed by atoms with E-state index in [0.717, 1.165) is 35.9 Å². The number of nitrogens with one attached hydrogen (secondary N) is 1. The van der Waals surface area contributed by atoms with Gasteiger partial charge in [-0.1, -0.05) is 18.2 Å². The predicted octanol–water partition coefficient (Wildman–Crippen LogP) is 2.32. The number of rotatable bonds is 4. The number of likely N-dealkylation sites (N-methyl/N-ethyl adjacent to an activating group) is 1. The lowest BCUT2D eigenvalue weighted by Gasteiger charge is -2.32. The van der Waals surface area contributed by atoms with E-state index in [4.69, 9.17) is 0 Å². The first-order chi connectivity index (χ1) is 13.6. The molecule has 6 heteroatoms. The molecule has 2 amide bonds. The van der Waals surface area contributed by atoms with E-state index in [2.05, 4.69) is 40.9 Å². The highest BCUT2D eigenvalue weighted by Crippen LogP contribution is 2.29. The van der Waals surface area contributed by atoms with Gasteiger partial charge in [0.05, 0.1) is 6.54 Å². The Labute approximate surface area is 164 Å². The standard InChI is InChI=1S/C22H26N4O2/c1-3-26-19-7-5-4-6-17(19)18-14-16(8-9-20(18)26)22(28)23-15-21(27)25-12-10-24(2)11-13-25/h4-9,14H,3,10-13,15H2,1-2H3,(H,23,28). The molecule has 3 aromatic rings. The largest absolute Gasteiger partial charge is 0.343 e. The molecule has 2 heterocycles. The maximum Gasteiger partial charge on any atom is 0.251 e. The van der Waals surface area contributed by atoms with E-state index in [1.165, 1.54) is 5.52 Å². The first-order valence-electron chi connectivity index (χ1n) is 9.84. The molecule has 0 atom stereocenters. The van der Waals surface area contributed by atoms with E-state index in [9.17, 15) is 9.59 Å². The molecule has 1 aliphatic heterocycles. The molecule has 0 aliphatic carbocycles. The first kappa shape index (κ1) is 18.5. The highest BCUT2D eigenvalue weighted by Gasteiger charge is 2.20. The Morgan fingerprint density at radius 3 is 2.43 bits per heavy atom. The molecular formula is C22H26N4O2. The minimum atomic E-state index is -0.210. The lowest BCUT2D eigenvalue weighted by Crippen LogP contribution is -2.50. The Bertz CT molecular complexity index is 1030. The summed E-state index contributed by atoms with van der Waals surface area (Å²) in [5.41, 5.74) is 2.87. The van der Waals surface area contributed by atoms with Crippen LogP contribution in [-0.2, 0) is 11.3 Å². The predicted molar refractivity (Wildman–Crippen MR) is 112 cm³/mol. The molecule has 1 saturated heterocycles. The zero-order valence-corrected chi connectivity index (χ0v) is 16.4. The number of hydrogen-bond donors (Lipinski definition) is 1. The lowest BCUT2D eigenvalue weighted by atomic mass is 10.1. The van der Waals surface area contributed by atoms with Crippen LogP contribution in [0.1, 0.15) is 17.3 Å². The summed E-state index contributed by atoms with van der Waals surface area (Å²) in [5.74, 6) is -0.233. The van der Waals surface area contributed by atoms with Crippen molar-refractivity contribution in [2.75, 3.05) is 39.8 Å². The van der Waals surface area contributed by atoms with Crippen molar-refractivity contribution in [1.29, 1.82) is 0 Å². The quantitative estimate of drug-likeness (QED) is 0.758. The number of fused-ring (bicyclic) bond motifs is 3. The number of aryl methyl sites for hydroxylation is 1. The summed E-state index contributed by atoms with van der Waals surface area (Å²) in [6.45, 7) is 6.21. The number of para-hydroxylation sites is 1. The normalized spacial score (nSPS) is 15.3. The summed E-state index contributed by atoms with van der Waals surface area (Å²) in [7, 11) is 2.05. The monoisotopic (exact) mass is 378 g/mol. The Morgan fingerprint density at radius 2 is 1.68 bits per heavy atom. The molecule has 0 saturated carbocycles. The summed E-state index contributed by atoms with van der Waals surface area (Å²) >= 11 is 0. The molecule has 0 radical (unpaired) electrons. The fourth-order valence-electron chi connectivity index (χ4n) is 3.96. The number of hydrogen-bond acceptors (Lipinski definition) is 3. The van der Waals surface area contributed by atoms with Crippen molar-refractivity contribution >= 4 is 33.6 Å². The second-order valence-electron chi connectivity index (χ2n) is 7.36. The van der Waals surface area contributed by atoms with E-state index in [1.54, 1.807) is 0 Å². The second-order valence-corrected chi connectivity index (χ2v) is 7.36. The second kappa shape index (κ2) is 7.64. The summed E-state index contributed by atoms with van der Waals surface area (Å²) < 4.78 is 2.25. The van der Waals surface area contributed by atoms with Crippen molar-refractivity contribution < 1.29 is 9.59 Å². The van der Waals surface area contributed by atoms with Crippen molar-refractivity contribution in [2.24, 2.45) is 0 Å². The Hall–Kier alpha value is -2.86. The number of benzene rings is 2. The van der Waals surface area contributed by atoms with Crippen LogP contribution in [0, 0.1) is 0 Å². The topological polar surface area (TPSA) is 57.6 Å². The zero-order chi connectivity index (χ0) is 19.7. The highest BCUT2D eigenvalue weighted by molar-refractivity contribution is 6.10. The van der Waals surface area contributed by atoms with E-state index in [1.807, 2.05) is 35.2 Å². The number of aromatic nitrogens is 1. The van der Waals surface area contributed by atoms with Crippen LogP contribution >= 0.6 is 0 Å². The number of carbonyl (C=O) groups is 2. The van der Waals surface area contributed by atoms with Crippen molar-refractivity contribution in [3.05, 3.63) is 48.0 Å². The van der Waals surface area contributed by atoms with Crippen LogP contribution in [0.25, 0.3) is 21.8 Å². The molecule has 146 valence electrons. The Morgan fingerprint density at radius 1 is 0.964 bits per heavy atom. The fraction of sp³-hybridized carbons (Fsp3) is 0.364. The Balaban J connectivity index is 1.52. The third-order valence-corrected chi connectivity index (χ3v) is 5.61. The van der Waals surface area contributed by atoms with Gasteiger partial charge in [-0.05, 0) is 38.2 Å². The molecule has 0 unspecified atom stereocenters. The smallest absolute Gasteiger partial charge is 0.251 e. The van der Waals surface area contributed by atoms with Crippen LogP contribution in [0.15, 0.2) is 42.5 Å². The van der Waals surface area contributed by atoms with Crippen molar-refractivity contribution in [2.45, 2.75) is 13.5 Å². The number of carbonyl (C=O) groups excluding carboxylic acids is 2. The molecule has 1 aliphatic rings. The van der Waals surface area contributed by atoms with Crippen molar-refractivity contribution in [1.82, 2.24) is 19.7 Å². The summed E-state index contributed by atoms with van der Waals surface area (Å²) in [6.07, 6.45) is 0. The van der Waals surface area contributed by atoms with Gasteiger partial charge in [0.2, 0.25) is 5.91 Å². The third kappa shape index (κ3) is 3.36.